The largest absolute Gasteiger partial charge is 0.361 e. The Morgan fingerprint density at radius 3 is 2.72 bits per heavy atom. The van der Waals surface area contributed by atoms with E-state index in [2.05, 4.69) is 119 Å². The number of aromatic nitrogens is 2. The molecule has 0 fully saturated rings. The molecule has 0 saturated heterocycles. The molecule has 0 spiro atoms. The number of nitrogens with zero attached hydrogens (tertiary/aromatic N) is 2. The molecule has 206 valence electrons. The summed E-state index contributed by atoms with van der Waals surface area (Å²) in [6.07, 6.45) is 19.4. The third-order valence-corrected chi connectivity index (χ3v) is 10.3. The van der Waals surface area contributed by atoms with E-state index in [-0.39, 0.29) is 6.17 Å². The second-order valence-corrected chi connectivity index (χ2v) is 12.6. The molecule has 0 amide bonds. The average molecular weight is 554 g/mol. The van der Waals surface area contributed by atoms with Crippen molar-refractivity contribution in [2.45, 2.75) is 44.2 Å². The van der Waals surface area contributed by atoms with Crippen molar-refractivity contribution in [3.63, 3.8) is 0 Å². The quantitative estimate of drug-likeness (QED) is 0.247. The lowest BCUT2D eigenvalue weighted by Crippen LogP contribution is -2.35. The highest BCUT2D eigenvalue weighted by molar-refractivity contribution is 5.92. The van der Waals surface area contributed by atoms with Gasteiger partial charge in [-0.2, -0.15) is 0 Å². The van der Waals surface area contributed by atoms with Gasteiger partial charge in [0.15, 0.2) is 0 Å². The topological polar surface area (TPSA) is 29.9 Å². The lowest BCUT2D eigenvalue weighted by atomic mass is 9.78. The highest BCUT2D eigenvalue weighted by atomic mass is 15.3. The monoisotopic (exact) mass is 553 g/mol. The number of hydrogen-bond donors (Lipinski definition) is 1. The first-order chi connectivity index (χ1) is 21.3. The van der Waals surface area contributed by atoms with Gasteiger partial charge in [-0.05, 0) is 105 Å². The van der Waals surface area contributed by atoms with Crippen molar-refractivity contribution in [3.8, 4) is 0 Å². The Morgan fingerprint density at radius 1 is 0.837 bits per heavy atom. The third kappa shape index (κ3) is 3.39. The molecule has 2 unspecified atom stereocenters. The van der Waals surface area contributed by atoms with Crippen LogP contribution in [0.15, 0.2) is 108 Å². The van der Waals surface area contributed by atoms with Gasteiger partial charge in [0.25, 0.3) is 0 Å². The fourth-order valence-corrected chi connectivity index (χ4v) is 8.25. The molecule has 4 aromatic carbocycles. The maximum atomic E-state index is 5.27. The van der Waals surface area contributed by atoms with Crippen LogP contribution in [0.5, 0.6) is 0 Å². The molecule has 3 nitrogen and oxygen atoms in total. The summed E-state index contributed by atoms with van der Waals surface area (Å²) in [6.45, 7) is 0. The summed E-state index contributed by atoms with van der Waals surface area (Å²) in [6, 6.07) is 27.0. The van der Waals surface area contributed by atoms with Gasteiger partial charge >= 0.3 is 0 Å². The Labute approximate surface area is 250 Å². The van der Waals surface area contributed by atoms with E-state index in [4.69, 9.17) is 4.98 Å². The molecule has 1 aliphatic heterocycles. The number of rotatable bonds is 2. The van der Waals surface area contributed by atoms with E-state index in [1.807, 2.05) is 0 Å². The number of imidazole rings is 1. The Bertz CT molecular complexity index is 2310. The second-order valence-electron chi connectivity index (χ2n) is 12.6. The molecule has 0 bridgehead atoms. The van der Waals surface area contributed by atoms with Crippen LogP contribution in [0.2, 0.25) is 0 Å². The zero-order valence-corrected chi connectivity index (χ0v) is 24.0. The first kappa shape index (κ1) is 23.6. The van der Waals surface area contributed by atoms with Crippen molar-refractivity contribution in [3.05, 3.63) is 147 Å². The zero-order valence-electron chi connectivity index (χ0n) is 24.0. The molecule has 4 aliphatic carbocycles. The van der Waals surface area contributed by atoms with Crippen LogP contribution in [-0.2, 0) is 6.42 Å². The lowest BCUT2D eigenvalue weighted by molar-refractivity contribution is 0.481. The van der Waals surface area contributed by atoms with Crippen LogP contribution < -0.4 is 15.8 Å². The van der Waals surface area contributed by atoms with Crippen molar-refractivity contribution in [1.82, 2.24) is 14.9 Å². The van der Waals surface area contributed by atoms with Crippen molar-refractivity contribution in [1.29, 1.82) is 0 Å². The zero-order chi connectivity index (χ0) is 28.1. The van der Waals surface area contributed by atoms with Crippen LogP contribution in [0, 0.1) is 0 Å². The molecule has 1 aromatic heterocycles. The van der Waals surface area contributed by atoms with Crippen molar-refractivity contribution < 1.29 is 0 Å². The molecule has 0 saturated carbocycles. The third-order valence-electron chi connectivity index (χ3n) is 10.3. The van der Waals surface area contributed by atoms with Gasteiger partial charge in [0, 0.05) is 22.9 Å². The maximum Gasteiger partial charge on any atom is 0.140 e. The summed E-state index contributed by atoms with van der Waals surface area (Å²) in [4.78, 5) is 5.27. The number of nitrogens with one attached hydrogen (secondary N) is 1. The number of allylic oxidation sites excluding steroid dienone is 6. The van der Waals surface area contributed by atoms with E-state index in [0.29, 0.717) is 5.92 Å². The average Bonchev–Trinajstić information content (AvgIpc) is 3.46. The Kier molecular flexibility index (Phi) is 4.85. The Hall–Kier alpha value is -4.89. The minimum Gasteiger partial charge on any atom is -0.361 e. The molecule has 43 heavy (non-hydrogen) atoms. The van der Waals surface area contributed by atoms with Crippen LogP contribution in [0.3, 0.4) is 0 Å². The molecular weight excluding hydrogens is 522 g/mol. The summed E-state index contributed by atoms with van der Waals surface area (Å²) < 4.78 is 2.50. The first-order valence-corrected chi connectivity index (χ1v) is 15.7. The number of benzene rings is 4. The fourth-order valence-electron chi connectivity index (χ4n) is 8.25. The van der Waals surface area contributed by atoms with Gasteiger partial charge in [-0.25, -0.2) is 4.98 Å². The van der Waals surface area contributed by atoms with E-state index in [9.17, 15) is 0 Å². The predicted molar refractivity (Wildman–Crippen MR) is 177 cm³/mol. The van der Waals surface area contributed by atoms with E-state index < -0.39 is 0 Å². The highest BCUT2D eigenvalue weighted by Gasteiger charge is 2.34. The Morgan fingerprint density at radius 2 is 1.74 bits per heavy atom. The number of hydrogen-bond acceptors (Lipinski definition) is 2. The summed E-state index contributed by atoms with van der Waals surface area (Å²) in [5, 5.41) is 12.2. The molecule has 10 rings (SSSR count). The standard InChI is InChI=1S/C40H31N3/c1-2-7-28-22-30(15-12-24(28)6-1)39-42-35-23-29(18-21-33(35)40-41-34-10-3-4-11-36(34)43(39)40)31-19-16-27-14-13-25-8-5-9-26-17-20-32(31)38(27)37(25)26/h1-3,5-10,12-13,15-17,19-20,22-23,27,39,42H,4,11,14,18,21H2. The van der Waals surface area contributed by atoms with E-state index in [1.54, 1.807) is 0 Å². The first-order valence-electron chi connectivity index (χ1n) is 15.7. The van der Waals surface area contributed by atoms with Crippen LogP contribution in [0.1, 0.15) is 66.1 Å². The highest BCUT2D eigenvalue weighted by Crippen LogP contribution is 2.42. The van der Waals surface area contributed by atoms with E-state index >= 15 is 0 Å². The van der Waals surface area contributed by atoms with Gasteiger partial charge in [-0.1, -0.05) is 91.0 Å². The summed E-state index contributed by atoms with van der Waals surface area (Å²) in [7, 11) is 0. The van der Waals surface area contributed by atoms with Gasteiger partial charge in [0.1, 0.15) is 12.0 Å². The molecule has 5 aromatic rings. The van der Waals surface area contributed by atoms with Crippen LogP contribution >= 0.6 is 0 Å². The van der Waals surface area contributed by atoms with Crippen molar-refractivity contribution >= 4 is 44.8 Å². The van der Waals surface area contributed by atoms with Crippen LogP contribution in [0.4, 0.5) is 0 Å². The summed E-state index contributed by atoms with van der Waals surface area (Å²) in [5.74, 6) is 1.61. The predicted octanol–water partition coefficient (Wildman–Crippen LogP) is 7.42. The van der Waals surface area contributed by atoms with Gasteiger partial charge in [0.05, 0.1) is 5.69 Å². The van der Waals surface area contributed by atoms with Crippen LogP contribution in [-0.4, -0.2) is 9.55 Å². The molecule has 1 N–H and O–H groups in total. The summed E-state index contributed by atoms with van der Waals surface area (Å²) >= 11 is 0. The van der Waals surface area contributed by atoms with Gasteiger partial charge in [-0.3, -0.25) is 0 Å². The molecular formula is C40H31N3. The SMILES string of the molecule is C1=Cc2nc3n(c2CC1)C(c1ccc2ccccc2c1)NC1=C3CCC(C2=c3ccc4cccc5c4c3C(C=C2)CC=5)=C1. The van der Waals surface area contributed by atoms with Gasteiger partial charge < -0.3 is 9.88 Å². The van der Waals surface area contributed by atoms with Crippen molar-refractivity contribution in [2.24, 2.45) is 0 Å². The summed E-state index contributed by atoms with van der Waals surface area (Å²) in [5.41, 5.74) is 10.7. The minimum atomic E-state index is 0.00732. The van der Waals surface area contributed by atoms with E-state index in [0.717, 1.165) is 43.6 Å². The maximum absolute atomic E-state index is 5.27. The lowest BCUT2D eigenvalue weighted by Gasteiger charge is -2.35. The van der Waals surface area contributed by atoms with Gasteiger partial charge in [-0.15, -0.1) is 0 Å². The normalized spacial score (nSPS) is 21.2. The minimum absolute atomic E-state index is 0.00732. The second kappa shape index (κ2) is 8.81. The molecule has 5 aliphatic rings. The van der Waals surface area contributed by atoms with E-state index in [1.165, 1.54) is 71.2 Å². The Balaban J connectivity index is 1.16. The smallest absolute Gasteiger partial charge is 0.140 e. The van der Waals surface area contributed by atoms with Crippen LogP contribution in [0.25, 0.3) is 44.8 Å². The molecule has 2 atom stereocenters. The molecule has 0 radical (unpaired) electrons. The molecule has 3 heteroatoms. The van der Waals surface area contributed by atoms with Gasteiger partial charge in [0.2, 0.25) is 0 Å². The number of fused-ring (bicyclic) bond motifs is 5. The molecule has 2 heterocycles. The fraction of sp³-hybridized carbons (Fsp3) is 0.175. The van der Waals surface area contributed by atoms with Crippen molar-refractivity contribution in [2.75, 3.05) is 0 Å².